The van der Waals surface area contributed by atoms with Gasteiger partial charge in [0.1, 0.15) is 5.82 Å². The molecule has 1 heterocycles. The lowest BCUT2D eigenvalue weighted by Crippen LogP contribution is -2.31. The summed E-state index contributed by atoms with van der Waals surface area (Å²) in [6, 6.07) is 5.08. The molecule has 0 radical (unpaired) electrons. The van der Waals surface area contributed by atoms with E-state index in [9.17, 15) is 4.39 Å². The van der Waals surface area contributed by atoms with Gasteiger partial charge >= 0.3 is 0 Å². The van der Waals surface area contributed by atoms with Gasteiger partial charge in [-0.1, -0.05) is 32.4 Å². The Hall–Kier alpha value is -1.35. The maximum Gasteiger partial charge on any atom is 0.125 e. The first kappa shape index (κ1) is 14.1. The van der Waals surface area contributed by atoms with Crippen molar-refractivity contribution in [3.63, 3.8) is 0 Å². The van der Waals surface area contributed by atoms with Crippen LogP contribution in [0, 0.1) is 11.2 Å². The van der Waals surface area contributed by atoms with Crippen LogP contribution in [0.2, 0.25) is 0 Å². The monoisotopic (exact) mass is 262 g/mol. The number of hydrogen-bond donors (Lipinski definition) is 1. The van der Waals surface area contributed by atoms with Crippen molar-refractivity contribution < 1.29 is 4.39 Å². The average molecular weight is 262 g/mol. The Morgan fingerprint density at radius 3 is 2.53 bits per heavy atom. The maximum absolute atomic E-state index is 13.5. The summed E-state index contributed by atoms with van der Waals surface area (Å²) in [5, 5.41) is 0. The molecule has 2 nitrogen and oxygen atoms in total. The molecule has 1 aliphatic rings. The van der Waals surface area contributed by atoms with Crippen molar-refractivity contribution in [3.8, 4) is 0 Å². The quantitative estimate of drug-likeness (QED) is 0.827. The fourth-order valence-corrected chi connectivity index (χ4v) is 2.52. The second kappa shape index (κ2) is 5.33. The molecule has 0 aromatic heterocycles. The van der Waals surface area contributed by atoms with Crippen molar-refractivity contribution >= 4 is 5.69 Å². The number of anilines is 1. The predicted molar refractivity (Wildman–Crippen MR) is 78.7 cm³/mol. The Bertz CT molecular complexity index is 486. The van der Waals surface area contributed by atoms with Gasteiger partial charge in [0.15, 0.2) is 0 Å². The summed E-state index contributed by atoms with van der Waals surface area (Å²) >= 11 is 0. The number of nitrogens with zero attached hydrogens (tertiary/aromatic N) is 1. The summed E-state index contributed by atoms with van der Waals surface area (Å²) in [6.45, 7) is 8.88. The molecule has 0 fully saturated rings. The molecule has 1 aromatic rings. The van der Waals surface area contributed by atoms with Crippen LogP contribution in [-0.4, -0.2) is 13.1 Å². The van der Waals surface area contributed by atoms with Crippen LogP contribution < -0.4 is 10.6 Å². The highest BCUT2D eigenvalue weighted by Gasteiger charge is 2.21. The Labute approximate surface area is 115 Å². The summed E-state index contributed by atoms with van der Waals surface area (Å²) < 4.78 is 13.5. The fraction of sp³-hybridized carbons (Fsp3) is 0.500. The largest absolute Gasteiger partial charge is 0.367 e. The lowest BCUT2D eigenvalue weighted by molar-refractivity contribution is 0.472. The zero-order chi connectivity index (χ0) is 14.0. The number of hydrogen-bond acceptors (Lipinski definition) is 2. The van der Waals surface area contributed by atoms with Crippen molar-refractivity contribution in [2.24, 2.45) is 11.1 Å². The van der Waals surface area contributed by atoms with Gasteiger partial charge in [0, 0.05) is 25.3 Å². The van der Waals surface area contributed by atoms with Crippen LogP contribution in [-0.2, 0) is 6.54 Å². The zero-order valence-electron chi connectivity index (χ0n) is 12.0. The van der Waals surface area contributed by atoms with Crippen molar-refractivity contribution in [3.05, 3.63) is 41.2 Å². The molecular formula is C16H23FN2. The predicted octanol–water partition coefficient (Wildman–Crippen LogP) is 3.47. The molecule has 0 amide bonds. The van der Waals surface area contributed by atoms with E-state index in [1.807, 2.05) is 6.07 Å². The van der Waals surface area contributed by atoms with E-state index >= 15 is 0 Å². The van der Waals surface area contributed by atoms with E-state index in [4.69, 9.17) is 5.73 Å². The number of nitrogens with two attached hydrogens (primary N) is 1. The Kier molecular flexibility index (Phi) is 3.95. The molecule has 0 bridgehead atoms. The topological polar surface area (TPSA) is 29.3 Å². The lowest BCUT2D eigenvalue weighted by Gasteiger charge is -2.33. The third kappa shape index (κ3) is 3.35. The van der Waals surface area contributed by atoms with E-state index < -0.39 is 0 Å². The van der Waals surface area contributed by atoms with Crippen molar-refractivity contribution in [2.45, 2.75) is 33.7 Å². The van der Waals surface area contributed by atoms with Gasteiger partial charge in [0.05, 0.1) is 0 Å². The summed E-state index contributed by atoms with van der Waals surface area (Å²) in [4.78, 5) is 2.21. The van der Waals surface area contributed by atoms with Gasteiger partial charge < -0.3 is 10.6 Å². The lowest BCUT2D eigenvalue weighted by atomic mass is 9.83. The van der Waals surface area contributed by atoms with Crippen molar-refractivity contribution in [1.29, 1.82) is 0 Å². The van der Waals surface area contributed by atoms with Gasteiger partial charge in [-0.2, -0.15) is 0 Å². The average Bonchev–Trinajstić information content (AvgIpc) is 2.37. The Morgan fingerprint density at radius 2 is 2.00 bits per heavy atom. The van der Waals surface area contributed by atoms with E-state index in [-0.39, 0.29) is 11.2 Å². The van der Waals surface area contributed by atoms with Crippen LogP contribution in [0.3, 0.4) is 0 Å². The van der Waals surface area contributed by atoms with Crippen LogP contribution in [0.25, 0.3) is 0 Å². The Balaban J connectivity index is 2.18. The zero-order valence-corrected chi connectivity index (χ0v) is 12.0. The maximum atomic E-state index is 13.5. The van der Waals surface area contributed by atoms with Gasteiger partial charge in [0.2, 0.25) is 0 Å². The molecule has 1 aromatic carbocycles. The first-order chi connectivity index (χ1) is 8.90. The second-order valence-electron chi connectivity index (χ2n) is 6.20. The normalized spacial score (nSPS) is 16.5. The first-order valence-corrected chi connectivity index (χ1v) is 6.84. The Morgan fingerprint density at radius 1 is 1.26 bits per heavy atom. The molecule has 0 aliphatic carbocycles. The minimum atomic E-state index is -0.205. The number of halogens is 1. The molecule has 0 atom stereocenters. The molecule has 0 unspecified atom stereocenters. The van der Waals surface area contributed by atoms with Crippen LogP contribution >= 0.6 is 0 Å². The van der Waals surface area contributed by atoms with Gasteiger partial charge in [-0.05, 0) is 35.6 Å². The first-order valence-electron chi connectivity index (χ1n) is 6.84. The van der Waals surface area contributed by atoms with Crippen LogP contribution in [0.15, 0.2) is 29.8 Å². The molecule has 0 spiro atoms. The molecule has 0 saturated carbocycles. The molecule has 2 rings (SSSR count). The van der Waals surface area contributed by atoms with Crippen LogP contribution in [0.4, 0.5) is 10.1 Å². The smallest absolute Gasteiger partial charge is 0.125 e. The molecule has 3 heteroatoms. The van der Waals surface area contributed by atoms with Gasteiger partial charge in [-0.15, -0.1) is 0 Å². The minimum Gasteiger partial charge on any atom is -0.367 e. The molecule has 19 heavy (non-hydrogen) atoms. The minimum absolute atomic E-state index is 0.205. The van der Waals surface area contributed by atoms with Gasteiger partial charge in [-0.3, -0.25) is 0 Å². The van der Waals surface area contributed by atoms with Crippen LogP contribution in [0.5, 0.6) is 0 Å². The summed E-state index contributed by atoms with van der Waals surface area (Å²) in [5.41, 5.74) is 9.10. The SMILES string of the molecule is CC(C)(C)C1=CCN(c2cc(F)cc(CN)c2)CC1. The van der Waals surface area contributed by atoms with Crippen molar-refractivity contribution in [2.75, 3.05) is 18.0 Å². The molecule has 1 aliphatic heterocycles. The summed E-state index contributed by atoms with van der Waals surface area (Å²) in [7, 11) is 0. The molecular weight excluding hydrogens is 239 g/mol. The van der Waals surface area contributed by atoms with Crippen LogP contribution in [0.1, 0.15) is 32.8 Å². The van der Waals surface area contributed by atoms with E-state index in [2.05, 4.69) is 31.7 Å². The number of rotatable bonds is 2. The second-order valence-corrected chi connectivity index (χ2v) is 6.20. The van der Waals surface area contributed by atoms with E-state index in [1.54, 1.807) is 6.07 Å². The number of benzene rings is 1. The molecule has 104 valence electrons. The van der Waals surface area contributed by atoms with E-state index in [0.29, 0.717) is 6.54 Å². The van der Waals surface area contributed by atoms with Crippen molar-refractivity contribution in [1.82, 2.24) is 0 Å². The van der Waals surface area contributed by atoms with E-state index in [1.165, 1.54) is 11.6 Å². The fourth-order valence-electron chi connectivity index (χ4n) is 2.52. The standard InChI is InChI=1S/C16H23FN2/c1-16(2,3)13-4-6-19(7-5-13)15-9-12(11-18)8-14(17)10-15/h4,8-10H,5-7,11,18H2,1-3H3. The third-order valence-electron chi connectivity index (χ3n) is 3.72. The van der Waals surface area contributed by atoms with Gasteiger partial charge in [-0.25, -0.2) is 4.39 Å². The highest BCUT2D eigenvalue weighted by atomic mass is 19.1. The summed E-state index contributed by atoms with van der Waals surface area (Å²) in [6.07, 6.45) is 3.31. The van der Waals surface area contributed by atoms with Gasteiger partial charge in [0.25, 0.3) is 0 Å². The molecule has 0 saturated heterocycles. The molecule has 2 N–H and O–H groups in total. The summed E-state index contributed by atoms with van der Waals surface area (Å²) in [5.74, 6) is -0.205. The highest BCUT2D eigenvalue weighted by Crippen LogP contribution is 2.31. The van der Waals surface area contributed by atoms with E-state index in [0.717, 1.165) is 30.8 Å². The highest BCUT2D eigenvalue weighted by molar-refractivity contribution is 5.51. The third-order valence-corrected chi connectivity index (χ3v) is 3.72.